The van der Waals surface area contributed by atoms with Crippen LogP contribution in [0.2, 0.25) is 0 Å². The maximum atomic E-state index is 12.3. The zero-order chi connectivity index (χ0) is 25.5. The molecule has 2 rings (SSSR count). The minimum absolute atomic E-state index is 0.236. The fourth-order valence-electron chi connectivity index (χ4n) is 2.85. The molecule has 0 spiro atoms. The van der Waals surface area contributed by atoms with Crippen LogP contribution in [0.15, 0.2) is 42.5 Å². The number of carbonyl (C=O) groups excluding carboxylic acids is 3. The van der Waals surface area contributed by atoms with E-state index in [2.05, 4.69) is 10.6 Å². The molecule has 0 atom stereocenters. The summed E-state index contributed by atoms with van der Waals surface area (Å²) in [6, 6.07) is 11.9. The standard InChI is InChI=1S/C25H32N2O8/c1-4-31-19-8-10-20(11-9-19)34-14-13-26-23(28)17-35-24(29)16-27-25(30)18-7-12-21(32-5-2)22(15-18)33-6-3/h7-12,15H,4-6,13-14,16-17H2,1-3H3,(H,26,28)(H,27,30). The Balaban J connectivity index is 1.65. The highest BCUT2D eigenvalue weighted by atomic mass is 16.5. The maximum Gasteiger partial charge on any atom is 0.325 e. The number of benzene rings is 2. The van der Waals surface area contributed by atoms with Gasteiger partial charge in [0.2, 0.25) is 0 Å². The summed E-state index contributed by atoms with van der Waals surface area (Å²) >= 11 is 0. The van der Waals surface area contributed by atoms with Crippen molar-refractivity contribution in [1.29, 1.82) is 0 Å². The van der Waals surface area contributed by atoms with E-state index in [0.717, 1.165) is 5.75 Å². The maximum absolute atomic E-state index is 12.3. The summed E-state index contributed by atoms with van der Waals surface area (Å²) in [6.07, 6.45) is 0. The number of hydrogen-bond acceptors (Lipinski definition) is 8. The Bertz CT molecular complexity index is 962. The van der Waals surface area contributed by atoms with Gasteiger partial charge in [0.25, 0.3) is 11.8 Å². The van der Waals surface area contributed by atoms with Crippen molar-refractivity contribution in [3.63, 3.8) is 0 Å². The van der Waals surface area contributed by atoms with Gasteiger partial charge in [0.15, 0.2) is 18.1 Å². The third-order valence-electron chi connectivity index (χ3n) is 4.39. The Hall–Kier alpha value is -3.95. The average molecular weight is 489 g/mol. The Kier molecular flexibility index (Phi) is 11.7. The quantitative estimate of drug-likeness (QED) is 0.290. The molecule has 2 N–H and O–H groups in total. The van der Waals surface area contributed by atoms with Crippen molar-refractivity contribution >= 4 is 17.8 Å². The van der Waals surface area contributed by atoms with Gasteiger partial charge in [-0.15, -0.1) is 0 Å². The van der Waals surface area contributed by atoms with Crippen molar-refractivity contribution in [3.8, 4) is 23.0 Å². The molecule has 2 aromatic carbocycles. The summed E-state index contributed by atoms with van der Waals surface area (Å²) in [4.78, 5) is 36.1. The molecule has 0 aliphatic heterocycles. The molecule has 2 aromatic rings. The molecule has 0 unspecified atom stereocenters. The van der Waals surface area contributed by atoms with E-state index >= 15 is 0 Å². The Morgan fingerprint density at radius 2 is 1.37 bits per heavy atom. The fraction of sp³-hybridized carbons (Fsp3) is 0.400. The van der Waals surface area contributed by atoms with Gasteiger partial charge in [-0.3, -0.25) is 14.4 Å². The van der Waals surface area contributed by atoms with Crippen LogP contribution in [0.25, 0.3) is 0 Å². The lowest BCUT2D eigenvalue weighted by Crippen LogP contribution is -2.35. The van der Waals surface area contributed by atoms with Crippen molar-refractivity contribution < 1.29 is 38.1 Å². The van der Waals surface area contributed by atoms with E-state index in [1.807, 2.05) is 20.8 Å². The fourth-order valence-corrected chi connectivity index (χ4v) is 2.85. The monoisotopic (exact) mass is 488 g/mol. The van der Waals surface area contributed by atoms with Crippen LogP contribution >= 0.6 is 0 Å². The predicted molar refractivity (Wildman–Crippen MR) is 128 cm³/mol. The van der Waals surface area contributed by atoms with Gasteiger partial charge in [0.1, 0.15) is 24.7 Å². The molecule has 10 nitrogen and oxygen atoms in total. The van der Waals surface area contributed by atoms with Crippen LogP contribution in [0.5, 0.6) is 23.0 Å². The van der Waals surface area contributed by atoms with Crippen molar-refractivity contribution in [1.82, 2.24) is 10.6 Å². The number of amides is 2. The number of nitrogens with one attached hydrogen (secondary N) is 2. The van der Waals surface area contributed by atoms with Gasteiger partial charge in [0.05, 0.1) is 26.4 Å². The first-order valence-corrected chi connectivity index (χ1v) is 11.4. The van der Waals surface area contributed by atoms with E-state index in [4.69, 9.17) is 23.7 Å². The zero-order valence-electron chi connectivity index (χ0n) is 20.3. The van der Waals surface area contributed by atoms with Crippen LogP contribution in [0, 0.1) is 0 Å². The van der Waals surface area contributed by atoms with Crippen LogP contribution in [0.1, 0.15) is 31.1 Å². The largest absolute Gasteiger partial charge is 0.494 e. The number of carbonyl (C=O) groups is 3. The molecule has 0 fully saturated rings. The van der Waals surface area contributed by atoms with Crippen molar-refractivity contribution in [2.75, 3.05) is 46.1 Å². The molecule has 0 aliphatic carbocycles. The number of rotatable bonds is 15. The van der Waals surface area contributed by atoms with E-state index < -0.39 is 24.4 Å². The number of hydrogen-bond donors (Lipinski definition) is 2. The molecule has 0 aromatic heterocycles. The highest BCUT2D eigenvalue weighted by Gasteiger charge is 2.14. The number of ether oxygens (including phenoxy) is 5. The second-order valence-corrected chi connectivity index (χ2v) is 6.97. The predicted octanol–water partition coefficient (Wildman–Crippen LogP) is 2.35. The van der Waals surface area contributed by atoms with Crippen LogP contribution in [0.3, 0.4) is 0 Å². The summed E-state index contributed by atoms with van der Waals surface area (Å²) in [7, 11) is 0. The van der Waals surface area contributed by atoms with E-state index in [1.165, 1.54) is 6.07 Å². The summed E-state index contributed by atoms with van der Waals surface area (Å²) in [5, 5.41) is 5.04. The van der Waals surface area contributed by atoms with Gasteiger partial charge >= 0.3 is 5.97 Å². The highest BCUT2D eigenvalue weighted by molar-refractivity contribution is 5.96. The SMILES string of the molecule is CCOc1ccc(OCCNC(=O)COC(=O)CNC(=O)c2ccc(OCC)c(OCC)c2)cc1. The molecular weight excluding hydrogens is 456 g/mol. The van der Waals surface area contributed by atoms with Crippen LogP contribution in [-0.2, 0) is 14.3 Å². The third kappa shape index (κ3) is 9.83. The molecule has 0 bridgehead atoms. The van der Waals surface area contributed by atoms with Crippen molar-refractivity contribution in [3.05, 3.63) is 48.0 Å². The second kappa shape index (κ2) is 15.0. The van der Waals surface area contributed by atoms with Gasteiger partial charge in [-0.1, -0.05) is 0 Å². The van der Waals surface area contributed by atoms with E-state index in [-0.39, 0.29) is 19.7 Å². The average Bonchev–Trinajstić information content (AvgIpc) is 2.86. The van der Waals surface area contributed by atoms with Gasteiger partial charge < -0.3 is 34.3 Å². The molecule has 0 heterocycles. The minimum atomic E-state index is -0.741. The molecular formula is C25H32N2O8. The molecule has 0 saturated heterocycles. The lowest BCUT2D eigenvalue weighted by Gasteiger charge is -2.12. The first-order chi connectivity index (χ1) is 17.0. The molecule has 0 aliphatic rings. The third-order valence-corrected chi connectivity index (χ3v) is 4.39. The second-order valence-electron chi connectivity index (χ2n) is 6.97. The molecule has 2 amide bonds. The Morgan fingerprint density at radius 3 is 2.03 bits per heavy atom. The lowest BCUT2D eigenvalue weighted by atomic mass is 10.2. The Morgan fingerprint density at radius 1 is 0.743 bits per heavy atom. The first-order valence-electron chi connectivity index (χ1n) is 11.4. The topological polar surface area (TPSA) is 121 Å². The van der Waals surface area contributed by atoms with E-state index in [9.17, 15) is 14.4 Å². The molecule has 0 radical (unpaired) electrons. The van der Waals surface area contributed by atoms with Crippen molar-refractivity contribution in [2.24, 2.45) is 0 Å². The van der Waals surface area contributed by atoms with Crippen LogP contribution in [-0.4, -0.2) is 63.9 Å². The summed E-state index contributed by atoms with van der Waals surface area (Å²) in [5.74, 6) is 0.658. The molecule has 190 valence electrons. The van der Waals surface area contributed by atoms with Crippen molar-refractivity contribution in [2.45, 2.75) is 20.8 Å². The van der Waals surface area contributed by atoms with E-state index in [1.54, 1.807) is 36.4 Å². The Labute approximate surface area is 204 Å². The van der Waals surface area contributed by atoms with Gasteiger partial charge in [-0.2, -0.15) is 0 Å². The molecule has 0 saturated carbocycles. The van der Waals surface area contributed by atoms with E-state index in [0.29, 0.717) is 42.6 Å². The molecule has 35 heavy (non-hydrogen) atoms. The highest BCUT2D eigenvalue weighted by Crippen LogP contribution is 2.28. The summed E-state index contributed by atoms with van der Waals surface area (Å²) in [5.41, 5.74) is 0.301. The minimum Gasteiger partial charge on any atom is -0.494 e. The molecule has 10 heteroatoms. The normalized spacial score (nSPS) is 10.1. The summed E-state index contributed by atoms with van der Waals surface area (Å²) < 4.78 is 26.7. The smallest absolute Gasteiger partial charge is 0.325 e. The van der Waals surface area contributed by atoms with Gasteiger partial charge in [0, 0.05) is 5.56 Å². The first kappa shape index (κ1) is 27.3. The van der Waals surface area contributed by atoms with Gasteiger partial charge in [-0.25, -0.2) is 0 Å². The van der Waals surface area contributed by atoms with Gasteiger partial charge in [-0.05, 0) is 63.2 Å². The lowest BCUT2D eigenvalue weighted by molar-refractivity contribution is -0.147. The summed E-state index contributed by atoms with van der Waals surface area (Å²) in [6.45, 7) is 6.66. The number of esters is 1. The van der Waals surface area contributed by atoms with Crippen LogP contribution in [0.4, 0.5) is 0 Å². The van der Waals surface area contributed by atoms with Crippen LogP contribution < -0.4 is 29.6 Å². The zero-order valence-corrected chi connectivity index (χ0v) is 20.3.